The van der Waals surface area contributed by atoms with E-state index in [4.69, 9.17) is 9.97 Å². The summed E-state index contributed by atoms with van der Waals surface area (Å²) in [4.78, 5) is 10.5. The maximum absolute atomic E-state index is 5.25. The van der Waals surface area contributed by atoms with Crippen LogP contribution in [0, 0.1) is 23.7 Å². The molecule has 4 fully saturated rings. The summed E-state index contributed by atoms with van der Waals surface area (Å²) < 4.78 is 2.38. The van der Waals surface area contributed by atoms with Crippen molar-refractivity contribution in [2.24, 2.45) is 23.7 Å². The molecular formula is C58H46N2SSi. The predicted molar refractivity (Wildman–Crippen MR) is 262 cm³/mol. The molecule has 1 aliphatic heterocycles. The second-order valence-electron chi connectivity index (χ2n) is 19.7. The van der Waals surface area contributed by atoms with Gasteiger partial charge in [-0.15, -0.1) is 11.3 Å². The molecule has 15 rings (SSSR count). The summed E-state index contributed by atoms with van der Waals surface area (Å²) in [5.41, 5.74) is 18.7. The van der Waals surface area contributed by atoms with Gasteiger partial charge in [-0.25, -0.2) is 9.97 Å². The van der Waals surface area contributed by atoms with Crippen molar-refractivity contribution < 1.29 is 0 Å². The summed E-state index contributed by atoms with van der Waals surface area (Å²) in [6.45, 7) is 5.19. The van der Waals surface area contributed by atoms with Gasteiger partial charge in [-0.3, -0.25) is 0 Å². The van der Waals surface area contributed by atoms with Gasteiger partial charge in [0, 0.05) is 26.6 Å². The minimum atomic E-state index is -1.84. The number of hydrogen-bond acceptors (Lipinski definition) is 3. The first kappa shape index (κ1) is 35.6. The topological polar surface area (TPSA) is 25.8 Å². The lowest BCUT2D eigenvalue weighted by Gasteiger charge is -2.61. The molecule has 1 spiro atoms. The first-order valence-corrected chi connectivity index (χ1v) is 26.6. The molecule has 4 heteroatoms. The Kier molecular flexibility index (Phi) is 7.36. The van der Waals surface area contributed by atoms with E-state index in [1.807, 2.05) is 0 Å². The first-order valence-electron chi connectivity index (χ1n) is 22.8. The van der Waals surface area contributed by atoms with Crippen LogP contribution in [0.15, 0.2) is 158 Å². The third-order valence-electron chi connectivity index (χ3n) is 16.3. The van der Waals surface area contributed by atoms with Crippen LogP contribution in [0.2, 0.25) is 13.1 Å². The maximum atomic E-state index is 5.25. The van der Waals surface area contributed by atoms with Crippen molar-refractivity contribution in [3.8, 4) is 67.2 Å². The SMILES string of the molecule is C[Si]1(C)c2ccccc2-c2cc3c(cc21)C1(c2cccc(-c4cccc(-c5ccc(-c6nc(-c7ccccc7)c7sc8ccccc8c7n6)cc5)c4)c2-3)C2CC3CC(C2)CC1C3. The van der Waals surface area contributed by atoms with Crippen molar-refractivity contribution in [3.05, 3.63) is 169 Å². The molecule has 298 valence electrons. The van der Waals surface area contributed by atoms with Gasteiger partial charge in [0.05, 0.1) is 15.9 Å². The summed E-state index contributed by atoms with van der Waals surface area (Å²) >= 11 is 1.78. The number of rotatable bonds is 4. The second kappa shape index (κ2) is 12.8. The predicted octanol–water partition coefficient (Wildman–Crippen LogP) is 14.0. The van der Waals surface area contributed by atoms with Gasteiger partial charge in [0.2, 0.25) is 0 Å². The molecule has 0 atom stereocenters. The van der Waals surface area contributed by atoms with Crippen molar-refractivity contribution in [2.45, 2.75) is 50.6 Å². The molecular weight excluding hydrogens is 785 g/mol. The zero-order valence-corrected chi connectivity index (χ0v) is 37.0. The lowest BCUT2D eigenvalue weighted by Crippen LogP contribution is -2.56. The molecule has 62 heavy (non-hydrogen) atoms. The Bertz CT molecular complexity index is 3310. The van der Waals surface area contributed by atoms with E-state index in [0.717, 1.165) is 56.5 Å². The Labute approximate surface area is 368 Å². The van der Waals surface area contributed by atoms with E-state index in [0.29, 0.717) is 0 Å². The van der Waals surface area contributed by atoms with Gasteiger partial charge in [0.25, 0.3) is 0 Å². The average molecular weight is 831 g/mol. The van der Waals surface area contributed by atoms with Crippen molar-refractivity contribution in [2.75, 3.05) is 0 Å². The molecule has 2 nitrogen and oxygen atoms in total. The molecule has 4 saturated carbocycles. The summed E-state index contributed by atoms with van der Waals surface area (Å²) in [6.07, 6.45) is 7.07. The number of nitrogens with zero attached hydrogens (tertiary/aromatic N) is 2. The Morgan fingerprint density at radius 1 is 0.500 bits per heavy atom. The highest BCUT2D eigenvalue weighted by atomic mass is 32.1. The highest BCUT2D eigenvalue weighted by molar-refractivity contribution is 7.26. The molecule has 5 aliphatic carbocycles. The minimum Gasteiger partial charge on any atom is -0.226 e. The van der Waals surface area contributed by atoms with Crippen LogP contribution in [0.1, 0.15) is 43.2 Å². The van der Waals surface area contributed by atoms with E-state index >= 15 is 0 Å². The van der Waals surface area contributed by atoms with E-state index in [2.05, 4.69) is 171 Å². The third-order valence-corrected chi connectivity index (χ3v) is 21.0. The van der Waals surface area contributed by atoms with Crippen LogP contribution in [-0.4, -0.2) is 18.0 Å². The molecule has 4 bridgehead atoms. The molecule has 2 aromatic heterocycles. The van der Waals surface area contributed by atoms with Gasteiger partial charge in [0.1, 0.15) is 8.07 Å². The summed E-state index contributed by atoms with van der Waals surface area (Å²) in [5, 5.41) is 4.45. The number of fused-ring (bicyclic) bond motifs is 9. The second-order valence-corrected chi connectivity index (χ2v) is 25.1. The third kappa shape index (κ3) is 4.80. The normalized spacial score (nSPS) is 23.2. The van der Waals surface area contributed by atoms with Gasteiger partial charge in [-0.05, 0) is 140 Å². The Balaban J connectivity index is 0.897. The van der Waals surface area contributed by atoms with Crippen molar-refractivity contribution in [1.82, 2.24) is 9.97 Å². The monoisotopic (exact) mass is 830 g/mol. The van der Waals surface area contributed by atoms with Crippen LogP contribution in [-0.2, 0) is 5.41 Å². The highest BCUT2D eigenvalue weighted by Gasteiger charge is 2.62. The zero-order chi connectivity index (χ0) is 40.9. The number of benzene rings is 7. The fourth-order valence-electron chi connectivity index (χ4n) is 13.9. The minimum absolute atomic E-state index is 0.122. The highest BCUT2D eigenvalue weighted by Crippen LogP contribution is 2.70. The molecule has 0 radical (unpaired) electrons. The first-order chi connectivity index (χ1) is 30.4. The van der Waals surface area contributed by atoms with Crippen LogP contribution in [0.25, 0.3) is 87.5 Å². The van der Waals surface area contributed by atoms with E-state index in [1.54, 1.807) is 32.8 Å². The van der Waals surface area contributed by atoms with Gasteiger partial charge in [-0.2, -0.15) is 0 Å². The van der Waals surface area contributed by atoms with Crippen LogP contribution < -0.4 is 10.4 Å². The lowest BCUT2D eigenvalue weighted by atomic mass is 9.43. The van der Waals surface area contributed by atoms with E-state index in [9.17, 15) is 0 Å². The average Bonchev–Trinajstić information content (AvgIpc) is 3.91. The summed E-state index contributed by atoms with van der Waals surface area (Å²) in [5.74, 6) is 4.07. The zero-order valence-electron chi connectivity index (χ0n) is 35.2. The molecule has 0 unspecified atom stereocenters. The van der Waals surface area contributed by atoms with Crippen LogP contribution in [0.3, 0.4) is 0 Å². The van der Waals surface area contributed by atoms with E-state index in [-0.39, 0.29) is 5.41 Å². The molecule has 0 N–H and O–H groups in total. The van der Waals surface area contributed by atoms with Crippen molar-refractivity contribution in [3.63, 3.8) is 0 Å². The van der Waals surface area contributed by atoms with Gasteiger partial charge in [0.15, 0.2) is 5.82 Å². The van der Waals surface area contributed by atoms with Crippen LogP contribution >= 0.6 is 11.3 Å². The fourth-order valence-corrected chi connectivity index (χ4v) is 18.1. The Morgan fingerprint density at radius 2 is 1.18 bits per heavy atom. The Hall–Kier alpha value is -5.94. The van der Waals surface area contributed by atoms with E-state index < -0.39 is 8.07 Å². The Morgan fingerprint density at radius 3 is 2.00 bits per heavy atom. The quantitative estimate of drug-likeness (QED) is 0.165. The van der Waals surface area contributed by atoms with Gasteiger partial charge < -0.3 is 0 Å². The molecule has 0 amide bonds. The molecule has 7 aromatic carbocycles. The fraction of sp³-hybridized carbons (Fsp3) is 0.207. The largest absolute Gasteiger partial charge is 0.226 e. The van der Waals surface area contributed by atoms with Crippen molar-refractivity contribution in [1.29, 1.82) is 0 Å². The summed E-state index contributed by atoms with van der Waals surface area (Å²) in [7, 11) is -1.84. The number of hydrogen-bond donors (Lipinski definition) is 0. The van der Waals surface area contributed by atoms with Gasteiger partial charge >= 0.3 is 0 Å². The van der Waals surface area contributed by atoms with E-state index in [1.165, 1.54) is 86.7 Å². The summed E-state index contributed by atoms with van der Waals surface area (Å²) in [6, 6.07) is 59.6. The van der Waals surface area contributed by atoms with Crippen LogP contribution in [0.5, 0.6) is 0 Å². The standard InChI is InChI=1S/C58H46N2SSi/c1-62(2)51-21-9-7-16-44(51)46-32-47-49(33-52(46)62)58(41-27-34-26-35(29-41)30-42(58)28-34)48-19-11-18-43(53(47)48)40-15-10-14-39(31-40)36-22-24-38(25-23-36)57-59-54(37-12-4-3-5-13-37)56-55(60-57)45-17-6-8-20-50(45)61-56/h3-25,31-35,41-42H,26-30H2,1-2H3. The molecule has 0 saturated heterocycles. The van der Waals surface area contributed by atoms with Crippen LogP contribution in [0.4, 0.5) is 0 Å². The molecule has 9 aromatic rings. The number of thiophene rings is 1. The van der Waals surface area contributed by atoms with Crippen molar-refractivity contribution >= 4 is 50.1 Å². The van der Waals surface area contributed by atoms with Gasteiger partial charge in [-0.1, -0.05) is 153 Å². The lowest BCUT2D eigenvalue weighted by molar-refractivity contribution is -0.0399. The molecule has 6 aliphatic rings. The maximum Gasteiger partial charge on any atom is 0.160 e. The smallest absolute Gasteiger partial charge is 0.160 e. The number of aromatic nitrogens is 2. The molecule has 3 heterocycles.